The Kier molecular flexibility index (Phi) is 11.1. The number of alkyl halides is 2. The van der Waals surface area contributed by atoms with Crippen molar-refractivity contribution in [1.82, 2.24) is 14.5 Å². The third-order valence-electron chi connectivity index (χ3n) is 7.93. The quantitative estimate of drug-likeness (QED) is 0.174. The van der Waals surface area contributed by atoms with Crippen LogP contribution in [-0.4, -0.2) is 75.4 Å². The molecule has 16 heteroatoms. The lowest BCUT2D eigenvalue weighted by Crippen LogP contribution is -2.64. The number of nitrogens with two attached hydrogens (primary N) is 1. The molecular weight excluding hydrogens is 702 g/mol. The topological polar surface area (TPSA) is 169 Å². The summed E-state index contributed by atoms with van der Waals surface area (Å²) in [6.07, 6.45) is -3.30. The molecule has 1 fully saturated rings. The van der Waals surface area contributed by atoms with E-state index >= 15 is 8.78 Å². The normalized spacial score (nSPS) is 18.3. The van der Waals surface area contributed by atoms with E-state index in [9.17, 15) is 22.8 Å². The first-order chi connectivity index (χ1) is 23.8. The number of ether oxygens (including phenoxy) is 4. The van der Waals surface area contributed by atoms with Crippen LogP contribution in [0, 0.1) is 5.92 Å². The lowest BCUT2D eigenvalue weighted by atomic mass is 9.70. The van der Waals surface area contributed by atoms with Crippen molar-refractivity contribution >= 4 is 39.1 Å². The van der Waals surface area contributed by atoms with Gasteiger partial charge >= 0.3 is 23.6 Å². The molecule has 0 atom stereocenters. The van der Waals surface area contributed by atoms with Crippen LogP contribution < -0.4 is 5.73 Å². The molecule has 13 nitrogen and oxygen atoms in total. The van der Waals surface area contributed by atoms with Gasteiger partial charge in [0.05, 0.1) is 12.1 Å². The van der Waals surface area contributed by atoms with E-state index in [0.717, 1.165) is 17.8 Å². The number of carbonyl (C=O) groups is 3. The molecule has 4 rings (SSSR count). The van der Waals surface area contributed by atoms with Crippen LogP contribution in [0.5, 0.6) is 0 Å². The molecule has 2 aromatic heterocycles. The number of nitrogens with zero attached hydrogens (tertiary/aromatic N) is 3. The Labute approximate surface area is 302 Å². The van der Waals surface area contributed by atoms with E-state index in [-0.39, 0.29) is 19.6 Å². The molecule has 0 saturated heterocycles. The number of aromatic nitrogens is 2. The third-order valence-corrected chi connectivity index (χ3v) is 9.77. The van der Waals surface area contributed by atoms with Crippen molar-refractivity contribution in [3.63, 3.8) is 0 Å². The van der Waals surface area contributed by atoms with Crippen molar-refractivity contribution in [2.75, 3.05) is 6.54 Å². The lowest BCUT2D eigenvalue weighted by molar-refractivity contribution is -0.208. The minimum atomic E-state index is -5.48. The summed E-state index contributed by atoms with van der Waals surface area (Å²) in [6.45, 7) is 14.3. The van der Waals surface area contributed by atoms with Gasteiger partial charge in [-0.3, -0.25) is 0 Å². The SMILES string of the molecule is CC(C)(C)OC(=O)OC1(C(F)(F)S(=O)(=O)c2ccccn2)CC(CN(Cc2cc3ccc(CN)cc3n2C(=O)OC(C)(C)C)C(=O)OC(C)(C)C)C1. The van der Waals surface area contributed by atoms with Crippen LogP contribution in [0.4, 0.5) is 23.2 Å². The van der Waals surface area contributed by atoms with Crippen LogP contribution in [-0.2, 0) is 41.9 Å². The number of rotatable bonds is 9. The number of sulfone groups is 1. The van der Waals surface area contributed by atoms with Crippen LogP contribution in [0.3, 0.4) is 0 Å². The van der Waals surface area contributed by atoms with E-state index in [1.165, 1.54) is 42.4 Å². The van der Waals surface area contributed by atoms with Gasteiger partial charge in [-0.15, -0.1) is 0 Å². The number of pyridine rings is 1. The zero-order chi connectivity index (χ0) is 39.1. The molecule has 2 N–H and O–H groups in total. The van der Waals surface area contributed by atoms with Gasteiger partial charge in [-0.25, -0.2) is 32.4 Å². The highest BCUT2D eigenvalue weighted by atomic mass is 32.2. The van der Waals surface area contributed by atoms with Gasteiger partial charge in [0.25, 0.3) is 9.84 Å². The van der Waals surface area contributed by atoms with Crippen LogP contribution in [0.15, 0.2) is 53.7 Å². The number of hydrogen-bond acceptors (Lipinski definition) is 11. The summed E-state index contributed by atoms with van der Waals surface area (Å²) in [6, 6.07) is 10.5. The monoisotopic (exact) mass is 750 g/mol. The molecule has 0 bridgehead atoms. The second kappa shape index (κ2) is 14.3. The van der Waals surface area contributed by atoms with Gasteiger partial charge in [-0.1, -0.05) is 18.2 Å². The number of benzene rings is 1. The largest absolute Gasteiger partial charge is 0.509 e. The van der Waals surface area contributed by atoms with Crippen LogP contribution in [0.1, 0.15) is 86.4 Å². The Balaban J connectivity index is 1.73. The Hall–Kier alpha value is -4.31. The van der Waals surface area contributed by atoms with Crippen molar-refractivity contribution in [1.29, 1.82) is 0 Å². The molecule has 2 heterocycles. The standard InChI is InChI=1S/C36H48F2N4O9S/c1-32(2,3)48-29(43)41(22-26-17-25-14-13-23(20-39)16-27(25)42(26)30(44)49-33(4,5)6)21-24-18-35(19-24,51-31(45)50-34(7,8)9)36(37,38)52(46,47)28-12-10-11-15-40-28/h10-17,24H,18-22,39H2,1-9H3. The zero-order valence-electron chi connectivity index (χ0n) is 31.0. The molecular formula is C36H48F2N4O9S. The molecule has 1 amide bonds. The predicted molar refractivity (Wildman–Crippen MR) is 187 cm³/mol. The molecule has 0 radical (unpaired) electrons. The van der Waals surface area contributed by atoms with Crippen molar-refractivity contribution in [2.24, 2.45) is 11.7 Å². The molecule has 1 aromatic carbocycles. The average molecular weight is 751 g/mol. The lowest BCUT2D eigenvalue weighted by Gasteiger charge is -2.50. The summed E-state index contributed by atoms with van der Waals surface area (Å²) in [5, 5.41) is -4.91. The number of hydrogen-bond donors (Lipinski definition) is 1. The van der Waals surface area contributed by atoms with Gasteiger partial charge in [0.15, 0.2) is 10.6 Å². The second-order valence-electron chi connectivity index (χ2n) is 15.9. The van der Waals surface area contributed by atoms with Crippen molar-refractivity contribution in [3.05, 3.63) is 59.9 Å². The van der Waals surface area contributed by atoms with Gasteiger partial charge in [0.2, 0.25) is 0 Å². The van der Waals surface area contributed by atoms with Crippen LogP contribution in [0.2, 0.25) is 0 Å². The van der Waals surface area contributed by atoms with E-state index in [2.05, 4.69) is 4.98 Å². The Bertz CT molecular complexity index is 1910. The first kappa shape index (κ1) is 40.5. The summed E-state index contributed by atoms with van der Waals surface area (Å²) in [7, 11) is -5.48. The summed E-state index contributed by atoms with van der Waals surface area (Å²) < 4.78 is 82.4. The minimum absolute atomic E-state index is 0.199. The molecule has 0 aliphatic heterocycles. The van der Waals surface area contributed by atoms with Crippen molar-refractivity contribution < 1.29 is 50.5 Å². The Morgan fingerprint density at radius 1 is 0.923 bits per heavy atom. The highest BCUT2D eigenvalue weighted by molar-refractivity contribution is 7.92. The Morgan fingerprint density at radius 3 is 2.08 bits per heavy atom. The molecule has 0 unspecified atom stereocenters. The first-order valence-corrected chi connectivity index (χ1v) is 18.3. The smallest absolute Gasteiger partial charge is 0.444 e. The first-order valence-electron chi connectivity index (χ1n) is 16.8. The molecule has 1 aliphatic rings. The van der Waals surface area contributed by atoms with Gasteiger partial charge in [0, 0.05) is 30.4 Å². The Morgan fingerprint density at radius 2 is 1.54 bits per heavy atom. The number of carbonyl (C=O) groups excluding carboxylic acids is 3. The summed E-state index contributed by atoms with van der Waals surface area (Å²) in [5.74, 6) is -0.817. The molecule has 52 heavy (non-hydrogen) atoms. The zero-order valence-corrected chi connectivity index (χ0v) is 31.8. The average Bonchev–Trinajstić information content (AvgIpc) is 3.34. The van der Waals surface area contributed by atoms with Crippen LogP contribution >= 0.6 is 0 Å². The van der Waals surface area contributed by atoms with Crippen LogP contribution in [0.25, 0.3) is 10.9 Å². The van der Waals surface area contributed by atoms with Crippen molar-refractivity contribution in [2.45, 2.75) is 121 Å². The van der Waals surface area contributed by atoms with Gasteiger partial charge < -0.3 is 29.6 Å². The van der Waals surface area contributed by atoms with E-state index in [1.54, 1.807) is 65.8 Å². The van der Waals surface area contributed by atoms with E-state index in [1.807, 2.05) is 0 Å². The maximum atomic E-state index is 16.3. The van der Waals surface area contributed by atoms with Gasteiger partial charge in [-0.05, 0) is 111 Å². The fourth-order valence-electron chi connectivity index (χ4n) is 5.80. The summed E-state index contributed by atoms with van der Waals surface area (Å²) >= 11 is 0. The molecule has 1 saturated carbocycles. The maximum absolute atomic E-state index is 16.3. The fourth-order valence-corrected chi connectivity index (χ4v) is 7.22. The van der Waals surface area contributed by atoms with E-state index in [4.69, 9.17) is 24.7 Å². The predicted octanol–water partition coefficient (Wildman–Crippen LogP) is 7.18. The maximum Gasteiger partial charge on any atom is 0.509 e. The van der Waals surface area contributed by atoms with Gasteiger partial charge in [0.1, 0.15) is 16.8 Å². The fraction of sp³-hybridized carbons (Fsp3) is 0.556. The second-order valence-corrected chi connectivity index (χ2v) is 17.9. The van der Waals surface area contributed by atoms with Crippen molar-refractivity contribution in [3.8, 4) is 0 Å². The number of amides is 1. The number of fused-ring (bicyclic) bond motifs is 1. The van der Waals surface area contributed by atoms with E-state index < -0.39 is 79.6 Å². The molecule has 3 aromatic rings. The van der Waals surface area contributed by atoms with Gasteiger partial charge in [-0.2, -0.15) is 8.78 Å². The summed E-state index contributed by atoms with van der Waals surface area (Å²) in [5.41, 5.74) is 1.58. The van der Waals surface area contributed by atoms with E-state index in [0.29, 0.717) is 16.6 Å². The molecule has 286 valence electrons. The molecule has 1 aliphatic carbocycles. The third kappa shape index (κ3) is 9.00. The minimum Gasteiger partial charge on any atom is -0.444 e. The number of halogens is 2. The summed E-state index contributed by atoms with van der Waals surface area (Å²) in [4.78, 5) is 45.0. The highest BCUT2D eigenvalue weighted by Crippen LogP contribution is 2.54. The highest BCUT2D eigenvalue weighted by Gasteiger charge is 2.71. The molecule has 0 spiro atoms.